The van der Waals surface area contributed by atoms with E-state index in [1.165, 1.54) is 0 Å². The lowest BCUT2D eigenvalue weighted by molar-refractivity contribution is -0.121. The van der Waals surface area contributed by atoms with Crippen LogP contribution < -0.4 is 14.8 Å². The number of urea groups is 1. The van der Waals surface area contributed by atoms with Crippen LogP contribution in [0.3, 0.4) is 0 Å². The Hall–Kier alpha value is -2.48. The summed E-state index contributed by atoms with van der Waals surface area (Å²) in [6, 6.07) is 5.67. The highest BCUT2D eigenvalue weighted by Gasteiger charge is 2.27. The molecule has 0 radical (unpaired) electrons. The van der Waals surface area contributed by atoms with E-state index in [0.717, 1.165) is 18.4 Å². The van der Waals surface area contributed by atoms with Crippen LogP contribution in [0.5, 0.6) is 11.5 Å². The molecule has 8 nitrogen and oxygen atoms in total. The zero-order chi connectivity index (χ0) is 19.9. The predicted molar refractivity (Wildman–Crippen MR) is 104 cm³/mol. The lowest BCUT2D eigenvalue weighted by Crippen LogP contribution is -2.52. The number of nitrogens with one attached hydrogen (secondary N) is 1. The Balaban J connectivity index is 1.45. The molecule has 2 aliphatic rings. The molecule has 1 aromatic rings. The van der Waals surface area contributed by atoms with Crippen LogP contribution in [0.4, 0.5) is 4.79 Å². The number of piperidine rings is 1. The molecular weight excluding hydrogens is 362 g/mol. The highest BCUT2D eigenvalue weighted by Crippen LogP contribution is 2.27. The molecule has 0 atom stereocenters. The number of carbonyl (C=O) groups excluding carboxylic acids is 2. The Kier molecular flexibility index (Phi) is 6.97. The van der Waals surface area contributed by atoms with Crippen LogP contribution in [0.2, 0.25) is 0 Å². The molecule has 0 saturated carbocycles. The topological polar surface area (TPSA) is 80.3 Å². The van der Waals surface area contributed by atoms with E-state index in [9.17, 15) is 9.59 Å². The summed E-state index contributed by atoms with van der Waals surface area (Å²) in [5.41, 5.74) is 0.870. The number of nitrogens with zero attached hydrogens (tertiary/aromatic N) is 2. The van der Waals surface area contributed by atoms with Gasteiger partial charge in [0.15, 0.2) is 11.5 Å². The van der Waals surface area contributed by atoms with Crippen LogP contribution in [-0.2, 0) is 16.0 Å². The van der Waals surface area contributed by atoms with E-state index in [-0.39, 0.29) is 24.4 Å². The molecule has 1 aromatic carbocycles. The molecule has 3 rings (SSSR count). The maximum absolute atomic E-state index is 12.5. The van der Waals surface area contributed by atoms with Crippen LogP contribution in [0.25, 0.3) is 0 Å². The zero-order valence-corrected chi connectivity index (χ0v) is 16.6. The first-order valence-electron chi connectivity index (χ1n) is 9.72. The number of hydrogen-bond acceptors (Lipinski definition) is 5. The quantitative estimate of drug-likeness (QED) is 0.818. The molecule has 3 amide bonds. The third-order valence-electron chi connectivity index (χ3n) is 5.22. The molecule has 0 unspecified atom stereocenters. The minimum atomic E-state index is -0.0230. The number of methoxy groups -OCH3 is 2. The summed E-state index contributed by atoms with van der Waals surface area (Å²) in [7, 11) is 3.16. The Morgan fingerprint density at radius 3 is 2.32 bits per heavy atom. The fraction of sp³-hybridized carbons (Fsp3) is 0.600. The van der Waals surface area contributed by atoms with Gasteiger partial charge in [-0.15, -0.1) is 0 Å². The van der Waals surface area contributed by atoms with Crippen molar-refractivity contribution < 1.29 is 23.8 Å². The van der Waals surface area contributed by atoms with Crippen molar-refractivity contribution in [1.29, 1.82) is 0 Å². The average molecular weight is 391 g/mol. The predicted octanol–water partition coefficient (Wildman–Crippen LogP) is 1.28. The number of carbonyl (C=O) groups is 2. The van der Waals surface area contributed by atoms with Crippen molar-refractivity contribution >= 4 is 11.9 Å². The summed E-state index contributed by atoms with van der Waals surface area (Å²) < 4.78 is 15.8. The number of morpholine rings is 1. The van der Waals surface area contributed by atoms with Crippen LogP contribution in [-0.4, -0.2) is 81.4 Å². The number of hydrogen-bond donors (Lipinski definition) is 1. The second kappa shape index (κ2) is 9.64. The molecule has 0 bridgehead atoms. The summed E-state index contributed by atoms with van der Waals surface area (Å²) in [5, 5.41) is 3.09. The minimum Gasteiger partial charge on any atom is -0.493 e. The Labute approximate surface area is 165 Å². The fourth-order valence-corrected chi connectivity index (χ4v) is 3.62. The van der Waals surface area contributed by atoms with E-state index < -0.39 is 0 Å². The van der Waals surface area contributed by atoms with Crippen molar-refractivity contribution in [2.24, 2.45) is 0 Å². The van der Waals surface area contributed by atoms with Gasteiger partial charge in [-0.2, -0.15) is 0 Å². The molecule has 154 valence electrons. The molecule has 2 aliphatic heterocycles. The summed E-state index contributed by atoms with van der Waals surface area (Å²) in [6.07, 6.45) is 1.83. The highest BCUT2D eigenvalue weighted by atomic mass is 16.5. The largest absolute Gasteiger partial charge is 0.493 e. The first-order valence-corrected chi connectivity index (χ1v) is 9.72. The van der Waals surface area contributed by atoms with Crippen molar-refractivity contribution in [3.05, 3.63) is 23.8 Å². The second-order valence-electron chi connectivity index (χ2n) is 7.08. The minimum absolute atomic E-state index is 0.0230. The molecule has 2 fully saturated rings. The normalized spacial score (nSPS) is 17.9. The van der Waals surface area contributed by atoms with Gasteiger partial charge < -0.3 is 29.3 Å². The van der Waals surface area contributed by atoms with E-state index >= 15 is 0 Å². The summed E-state index contributed by atoms with van der Waals surface area (Å²) in [4.78, 5) is 28.7. The number of benzene rings is 1. The van der Waals surface area contributed by atoms with Crippen molar-refractivity contribution in [3.8, 4) is 11.5 Å². The first-order chi connectivity index (χ1) is 13.6. The van der Waals surface area contributed by atoms with Crippen molar-refractivity contribution in [2.45, 2.75) is 25.3 Å². The Bertz CT molecular complexity index is 682. The third-order valence-corrected chi connectivity index (χ3v) is 5.22. The monoisotopic (exact) mass is 391 g/mol. The van der Waals surface area contributed by atoms with E-state index in [4.69, 9.17) is 14.2 Å². The van der Waals surface area contributed by atoms with Crippen LogP contribution in [0, 0.1) is 0 Å². The fourth-order valence-electron chi connectivity index (χ4n) is 3.62. The molecule has 0 spiro atoms. The van der Waals surface area contributed by atoms with Gasteiger partial charge >= 0.3 is 6.03 Å². The Morgan fingerprint density at radius 1 is 1.04 bits per heavy atom. The van der Waals surface area contributed by atoms with Gasteiger partial charge in [0.05, 0.1) is 33.9 Å². The number of amides is 3. The van der Waals surface area contributed by atoms with Crippen molar-refractivity contribution in [1.82, 2.24) is 15.1 Å². The molecule has 8 heteroatoms. The maximum Gasteiger partial charge on any atom is 0.320 e. The average Bonchev–Trinajstić information content (AvgIpc) is 2.74. The van der Waals surface area contributed by atoms with E-state index in [1.807, 2.05) is 21.9 Å². The maximum atomic E-state index is 12.5. The molecule has 2 heterocycles. The van der Waals surface area contributed by atoms with Gasteiger partial charge in [0, 0.05) is 32.2 Å². The molecule has 1 N–H and O–H groups in total. The van der Waals surface area contributed by atoms with Crippen LogP contribution in [0.1, 0.15) is 18.4 Å². The van der Waals surface area contributed by atoms with Gasteiger partial charge in [-0.25, -0.2) is 4.79 Å². The third kappa shape index (κ3) is 5.07. The van der Waals surface area contributed by atoms with Crippen LogP contribution >= 0.6 is 0 Å². The number of likely N-dealkylation sites (tertiary alicyclic amines) is 1. The molecule has 0 aromatic heterocycles. The number of rotatable bonds is 5. The van der Waals surface area contributed by atoms with Gasteiger partial charge in [0.1, 0.15) is 0 Å². The highest BCUT2D eigenvalue weighted by molar-refractivity contribution is 5.79. The van der Waals surface area contributed by atoms with Gasteiger partial charge in [0.25, 0.3) is 0 Å². The van der Waals surface area contributed by atoms with E-state index in [2.05, 4.69) is 5.32 Å². The molecule has 28 heavy (non-hydrogen) atoms. The van der Waals surface area contributed by atoms with Gasteiger partial charge in [-0.3, -0.25) is 4.79 Å². The second-order valence-corrected chi connectivity index (χ2v) is 7.08. The lowest BCUT2D eigenvalue weighted by Gasteiger charge is -2.37. The Morgan fingerprint density at radius 2 is 1.68 bits per heavy atom. The van der Waals surface area contributed by atoms with Gasteiger partial charge in [0.2, 0.25) is 5.91 Å². The van der Waals surface area contributed by atoms with Crippen molar-refractivity contribution in [2.75, 3.05) is 53.6 Å². The number of ether oxygens (including phenoxy) is 3. The first kappa shape index (κ1) is 20.3. The van der Waals surface area contributed by atoms with Crippen molar-refractivity contribution in [3.63, 3.8) is 0 Å². The van der Waals surface area contributed by atoms with Gasteiger partial charge in [-0.05, 0) is 30.5 Å². The van der Waals surface area contributed by atoms with Gasteiger partial charge in [-0.1, -0.05) is 6.07 Å². The summed E-state index contributed by atoms with van der Waals surface area (Å²) >= 11 is 0. The van der Waals surface area contributed by atoms with Crippen LogP contribution in [0.15, 0.2) is 18.2 Å². The molecular formula is C20H29N3O5. The zero-order valence-electron chi connectivity index (χ0n) is 16.6. The SMILES string of the molecule is COc1ccc(CC(=O)NC2CCN(C(=O)N3CCOCC3)CC2)cc1OC. The lowest BCUT2D eigenvalue weighted by atomic mass is 10.0. The summed E-state index contributed by atoms with van der Waals surface area (Å²) in [5.74, 6) is 1.23. The smallest absolute Gasteiger partial charge is 0.320 e. The molecule has 0 aliphatic carbocycles. The molecule has 2 saturated heterocycles. The standard InChI is InChI=1S/C20H29N3O5/c1-26-17-4-3-15(13-18(17)27-2)14-19(24)21-16-5-7-22(8-6-16)20(25)23-9-11-28-12-10-23/h3-4,13,16H,5-12,14H2,1-2H3,(H,21,24). The van der Waals surface area contributed by atoms with E-state index in [0.29, 0.717) is 50.9 Å². The summed E-state index contributed by atoms with van der Waals surface area (Å²) in [6.45, 7) is 3.85. The van der Waals surface area contributed by atoms with E-state index in [1.54, 1.807) is 20.3 Å².